The van der Waals surface area contributed by atoms with Crippen LogP contribution in [0.5, 0.6) is 5.88 Å². The van der Waals surface area contributed by atoms with E-state index in [1.54, 1.807) is 11.1 Å². The summed E-state index contributed by atoms with van der Waals surface area (Å²) in [7, 11) is 2.50. The van der Waals surface area contributed by atoms with Crippen molar-refractivity contribution in [2.75, 3.05) is 43.6 Å². The van der Waals surface area contributed by atoms with E-state index >= 15 is 4.39 Å². The number of halogens is 4. The number of pyridine rings is 2. The lowest BCUT2D eigenvalue weighted by molar-refractivity contribution is -0.138. The molecule has 2 saturated heterocycles. The van der Waals surface area contributed by atoms with Gasteiger partial charge in [-0.25, -0.2) is 14.2 Å². The first-order valence-corrected chi connectivity index (χ1v) is 12.8. The average molecular weight is 568 g/mol. The zero-order chi connectivity index (χ0) is 28.6. The molecule has 0 spiro atoms. The number of aromatic nitrogens is 4. The fourth-order valence-corrected chi connectivity index (χ4v) is 4.96. The maximum atomic E-state index is 15.4. The van der Waals surface area contributed by atoms with Gasteiger partial charge in [-0.3, -0.25) is 9.89 Å². The van der Waals surface area contributed by atoms with Gasteiger partial charge in [0.1, 0.15) is 18.0 Å². The molecule has 0 unspecified atom stereocenters. The number of carbonyl (C=O) groups excluding carboxylic acids is 1. The number of nitrogens with zero attached hydrogens (tertiary/aromatic N) is 5. The maximum absolute atomic E-state index is 15.4. The molecule has 2 N–H and O–H groups in total. The molecule has 0 saturated carbocycles. The summed E-state index contributed by atoms with van der Waals surface area (Å²) in [6, 6.07) is 0.661. The number of rotatable bonds is 5. The van der Waals surface area contributed by atoms with E-state index in [0.29, 0.717) is 54.6 Å². The molecule has 5 heterocycles. The Hall–Kier alpha value is -3.88. The Balaban J connectivity index is 1.25. The number of aromatic amines is 1. The van der Waals surface area contributed by atoms with Crippen molar-refractivity contribution < 1.29 is 31.8 Å². The zero-order valence-electron chi connectivity index (χ0n) is 21.9. The SMILES string of the molecule is CN(C(=O)Nc1cc(C(F)(F)F)cn(C)c1=O)[C@@H]1CCN(c2cnc3[nH]nc(OC4CCOCC4)c3c2)C[C@H]1F. The summed E-state index contributed by atoms with van der Waals surface area (Å²) in [5.74, 6) is 0.417. The second-order valence-electron chi connectivity index (χ2n) is 9.96. The van der Waals surface area contributed by atoms with E-state index in [-0.39, 0.29) is 19.1 Å². The van der Waals surface area contributed by atoms with Gasteiger partial charge in [0.25, 0.3) is 5.56 Å². The van der Waals surface area contributed by atoms with Crippen LogP contribution in [0.4, 0.5) is 33.7 Å². The van der Waals surface area contributed by atoms with Crippen LogP contribution < -0.4 is 20.5 Å². The number of hydrogen-bond donors (Lipinski definition) is 2. The fourth-order valence-electron chi connectivity index (χ4n) is 4.96. The Labute approximate surface area is 226 Å². The Kier molecular flexibility index (Phi) is 7.57. The van der Waals surface area contributed by atoms with Gasteiger partial charge in [-0.1, -0.05) is 0 Å². The molecule has 0 aliphatic carbocycles. The molecule has 3 aromatic rings. The highest BCUT2D eigenvalue weighted by molar-refractivity contribution is 5.89. The lowest BCUT2D eigenvalue weighted by atomic mass is 10.0. The van der Waals surface area contributed by atoms with Gasteiger partial charge in [0.05, 0.1) is 48.6 Å². The molecular formula is C25H29F4N7O4. The number of nitrogens with one attached hydrogen (secondary N) is 2. The summed E-state index contributed by atoms with van der Waals surface area (Å²) in [5, 5.41) is 9.95. The number of carbonyl (C=O) groups is 1. The Morgan fingerprint density at radius 1 is 1.25 bits per heavy atom. The molecule has 15 heteroatoms. The molecular weight excluding hydrogens is 538 g/mol. The molecule has 11 nitrogen and oxygen atoms in total. The highest BCUT2D eigenvalue weighted by Gasteiger charge is 2.36. The van der Waals surface area contributed by atoms with Crippen LogP contribution in [0.1, 0.15) is 24.8 Å². The van der Waals surface area contributed by atoms with Crippen LogP contribution in [0.3, 0.4) is 0 Å². The first-order valence-electron chi connectivity index (χ1n) is 12.8. The van der Waals surface area contributed by atoms with Crippen LogP contribution in [0.2, 0.25) is 0 Å². The number of amides is 2. The van der Waals surface area contributed by atoms with Gasteiger partial charge >= 0.3 is 12.2 Å². The van der Waals surface area contributed by atoms with Crippen molar-refractivity contribution in [3.8, 4) is 5.88 Å². The van der Waals surface area contributed by atoms with Gasteiger partial charge in [-0.05, 0) is 18.6 Å². The van der Waals surface area contributed by atoms with Gasteiger partial charge in [0.2, 0.25) is 5.88 Å². The molecule has 0 radical (unpaired) electrons. The summed E-state index contributed by atoms with van der Waals surface area (Å²) in [4.78, 5) is 32.4. The largest absolute Gasteiger partial charge is 0.473 e. The Morgan fingerprint density at radius 2 is 2.00 bits per heavy atom. The molecule has 5 rings (SSSR count). The maximum Gasteiger partial charge on any atom is 0.417 e. The predicted molar refractivity (Wildman–Crippen MR) is 137 cm³/mol. The van der Waals surface area contributed by atoms with E-state index < -0.39 is 41.2 Å². The number of alkyl halides is 4. The quantitative estimate of drug-likeness (QED) is 0.455. The number of anilines is 2. The van der Waals surface area contributed by atoms with Crippen LogP contribution >= 0.6 is 0 Å². The monoisotopic (exact) mass is 567 g/mol. The van der Waals surface area contributed by atoms with E-state index in [4.69, 9.17) is 9.47 Å². The van der Waals surface area contributed by atoms with Crippen molar-refractivity contribution in [3.05, 3.63) is 40.4 Å². The first kappa shape index (κ1) is 27.7. The average Bonchev–Trinajstić information content (AvgIpc) is 3.32. The molecule has 40 heavy (non-hydrogen) atoms. The minimum absolute atomic E-state index is 0.0207. The Bertz CT molecular complexity index is 1440. The normalized spacial score (nSPS) is 20.5. The number of fused-ring (bicyclic) bond motifs is 1. The fraction of sp³-hybridized carbons (Fsp3) is 0.520. The molecule has 0 bridgehead atoms. The van der Waals surface area contributed by atoms with Gasteiger partial charge in [-0.2, -0.15) is 13.2 Å². The topological polar surface area (TPSA) is 118 Å². The van der Waals surface area contributed by atoms with Crippen molar-refractivity contribution in [3.63, 3.8) is 0 Å². The standard InChI is InChI=1S/C25H29F4N7O4/c1-34-12-14(25(27,28)29)9-19(23(34)37)31-24(38)35(2)20-3-6-36(13-18(20)26)15-10-17-21(30-11-15)32-33-22(17)40-16-4-7-39-8-5-16/h9-12,16,18,20H,3-8,13H2,1-2H3,(H,31,38)(H,30,32,33)/t18-,20-/m1/s1. The van der Waals surface area contributed by atoms with Crippen LogP contribution in [0.15, 0.2) is 29.3 Å². The van der Waals surface area contributed by atoms with Crippen molar-refractivity contribution >= 4 is 28.4 Å². The van der Waals surface area contributed by atoms with Crippen molar-refractivity contribution in [2.24, 2.45) is 7.05 Å². The molecule has 2 atom stereocenters. The molecule has 2 aliphatic rings. The third-order valence-corrected chi connectivity index (χ3v) is 7.26. The number of urea groups is 1. The lowest BCUT2D eigenvalue weighted by Gasteiger charge is -2.39. The summed E-state index contributed by atoms with van der Waals surface area (Å²) in [6.07, 6.45) is -2.22. The van der Waals surface area contributed by atoms with Crippen LogP contribution in [0.25, 0.3) is 11.0 Å². The van der Waals surface area contributed by atoms with Gasteiger partial charge in [0.15, 0.2) is 5.65 Å². The smallest absolute Gasteiger partial charge is 0.417 e. The van der Waals surface area contributed by atoms with Gasteiger partial charge in [-0.15, -0.1) is 5.10 Å². The lowest BCUT2D eigenvalue weighted by Crippen LogP contribution is -2.54. The second kappa shape index (κ2) is 10.9. The van der Waals surface area contributed by atoms with Gasteiger partial charge in [0, 0.05) is 39.7 Å². The van der Waals surface area contributed by atoms with Crippen LogP contribution in [0, 0.1) is 0 Å². The van der Waals surface area contributed by atoms with Crippen molar-refractivity contribution in [1.82, 2.24) is 24.6 Å². The van der Waals surface area contributed by atoms with Crippen LogP contribution in [-0.2, 0) is 18.0 Å². The third-order valence-electron chi connectivity index (χ3n) is 7.26. The highest BCUT2D eigenvalue weighted by atomic mass is 19.4. The number of piperidine rings is 1. The van der Waals surface area contributed by atoms with Gasteiger partial charge < -0.3 is 29.2 Å². The minimum Gasteiger partial charge on any atom is -0.473 e. The third kappa shape index (κ3) is 5.69. The number of ether oxygens (including phenoxy) is 2. The number of aryl methyl sites for hydroxylation is 1. The molecule has 2 aliphatic heterocycles. The molecule has 0 aromatic carbocycles. The summed E-state index contributed by atoms with van der Waals surface area (Å²) < 4.78 is 67.1. The molecule has 2 amide bonds. The van der Waals surface area contributed by atoms with E-state index in [9.17, 15) is 22.8 Å². The van der Waals surface area contributed by atoms with Crippen molar-refractivity contribution in [1.29, 1.82) is 0 Å². The highest BCUT2D eigenvalue weighted by Crippen LogP contribution is 2.31. The minimum atomic E-state index is -4.71. The van der Waals surface area contributed by atoms with E-state index in [0.717, 1.165) is 29.4 Å². The second-order valence-corrected chi connectivity index (χ2v) is 9.96. The first-order chi connectivity index (χ1) is 19.0. The predicted octanol–water partition coefficient (Wildman–Crippen LogP) is 3.31. The summed E-state index contributed by atoms with van der Waals surface area (Å²) in [6.45, 7) is 1.57. The summed E-state index contributed by atoms with van der Waals surface area (Å²) in [5.41, 5.74) is -1.25. The van der Waals surface area contributed by atoms with Crippen LogP contribution in [-0.4, -0.2) is 82.3 Å². The molecule has 3 aromatic heterocycles. The molecule has 216 valence electrons. The van der Waals surface area contributed by atoms with E-state index in [1.165, 1.54) is 7.05 Å². The number of hydrogen-bond acceptors (Lipinski definition) is 7. The van der Waals surface area contributed by atoms with E-state index in [1.807, 2.05) is 6.07 Å². The molecule has 2 fully saturated rings. The summed E-state index contributed by atoms with van der Waals surface area (Å²) >= 11 is 0. The zero-order valence-corrected chi connectivity index (χ0v) is 21.9. The number of H-pyrrole nitrogens is 1. The van der Waals surface area contributed by atoms with Crippen molar-refractivity contribution in [2.45, 2.75) is 43.8 Å². The van der Waals surface area contributed by atoms with E-state index in [2.05, 4.69) is 20.5 Å². The Morgan fingerprint density at radius 3 is 2.70 bits per heavy atom.